The lowest BCUT2D eigenvalue weighted by molar-refractivity contribution is -0.151. The van der Waals surface area contributed by atoms with Gasteiger partial charge in [0.05, 0.1) is 6.61 Å². The highest BCUT2D eigenvalue weighted by Gasteiger charge is 2.27. The molecule has 0 aromatic heterocycles. The van der Waals surface area contributed by atoms with Crippen LogP contribution in [0.4, 0.5) is 0 Å². The molecule has 1 aliphatic rings. The second-order valence-electron chi connectivity index (χ2n) is 6.17. The summed E-state index contributed by atoms with van der Waals surface area (Å²) in [6.45, 7) is 3.53. The van der Waals surface area contributed by atoms with Crippen LogP contribution in [0, 0.1) is 5.92 Å². The van der Waals surface area contributed by atoms with Gasteiger partial charge in [0.15, 0.2) is 0 Å². The summed E-state index contributed by atoms with van der Waals surface area (Å²) in [6, 6.07) is 10.0. The fraction of sp³-hybridized carbons (Fsp3) is 0.429. The molecule has 2 rings (SSSR count). The maximum atomic E-state index is 12.2. The Morgan fingerprint density at radius 2 is 1.96 bits per heavy atom. The van der Waals surface area contributed by atoms with Crippen LogP contribution in [-0.4, -0.2) is 18.4 Å². The van der Waals surface area contributed by atoms with E-state index in [0.29, 0.717) is 13.0 Å². The van der Waals surface area contributed by atoms with Crippen LogP contribution >= 0.6 is 0 Å². The Labute approximate surface area is 144 Å². The predicted molar refractivity (Wildman–Crippen MR) is 96.4 cm³/mol. The highest BCUT2D eigenvalue weighted by Crippen LogP contribution is 2.30. The van der Waals surface area contributed by atoms with E-state index in [1.807, 2.05) is 30.3 Å². The van der Waals surface area contributed by atoms with Gasteiger partial charge in [-0.3, -0.25) is 9.59 Å². The van der Waals surface area contributed by atoms with Gasteiger partial charge in [-0.15, -0.1) is 0 Å². The van der Waals surface area contributed by atoms with E-state index in [2.05, 4.69) is 12.2 Å². The van der Waals surface area contributed by atoms with Crippen LogP contribution in [0.5, 0.6) is 0 Å². The second kappa shape index (κ2) is 9.21. The molecule has 0 heterocycles. The topological polar surface area (TPSA) is 43.4 Å². The van der Waals surface area contributed by atoms with Crippen molar-refractivity contribution in [1.29, 1.82) is 0 Å². The first-order valence-electron chi connectivity index (χ1n) is 8.74. The van der Waals surface area contributed by atoms with Crippen molar-refractivity contribution in [2.75, 3.05) is 6.61 Å². The van der Waals surface area contributed by atoms with Crippen molar-refractivity contribution in [3.63, 3.8) is 0 Å². The number of rotatable bonds is 7. The maximum absolute atomic E-state index is 12.2. The summed E-state index contributed by atoms with van der Waals surface area (Å²) < 4.78 is 5.10. The van der Waals surface area contributed by atoms with E-state index in [1.54, 1.807) is 6.92 Å². The summed E-state index contributed by atoms with van der Waals surface area (Å²) in [7, 11) is 0. The minimum Gasteiger partial charge on any atom is -0.465 e. The van der Waals surface area contributed by atoms with Crippen molar-refractivity contribution in [3.8, 4) is 0 Å². The molecule has 0 N–H and O–H groups in total. The molecule has 24 heavy (non-hydrogen) atoms. The molecule has 0 spiro atoms. The Kier molecular flexibility index (Phi) is 6.98. The van der Waals surface area contributed by atoms with Gasteiger partial charge in [-0.2, -0.15) is 0 Å². The largest absolute Gasteiger partial charge is 0.465 e. The van der Waals surface area contributed by atoms with Gasteiger partial charge in [0, 0.05) is 0 Å². The first-order chi connectivity index (χ1) is 11.6. The number of carbonyl (C=O) groups is 2. The first kappa shape index (κ1) is 18.2. The number of hydrogen-bond donors (Lipinski definition) is 0. The van der Waals surface area contributed by atoms with Crippen molar-refractivity contribution in [1.82, 2.24) is 0 Å². The maximum Gasteiger partial charge on any atom is 0.316 e. The van der Waals surface area contributed by atoms with E-state index in [-0.39, 0.29) is 5.78 Å². The van der Waals surface area contributed by atoms with Gasteiger partial charge in [0.2, 0.25) is 0 Å². The zero-order valence-corrected chi connectivity index (χ0v) is 14.6. The molecule has 3 heteroatoms. The average molecular weight is 326 g/mol. The van der Waals surface area contributed by atoms with Crippen molar-refractivity contribution in [3.05, 3.63) is 53.1 Å². The highest BCUT2D eigenvalue weighted by atomic mass is 16.5. The Morgan fingerprint density at radius 3 is 2.54 bits per heavy atom. The number of ketones is 1. The third kappa shape index (κ3) is 5.19. The van der Waals surface area contributed by atoms with Crippen LogP contribution in [0.2, 0.25) is 0 Å². The smallest absolute Gasteiger partial charge is 0.316 e. The third-order valence-electron chi connectivity index (χ3n) is 4.33. The molecule has 0 amide bonds. The number of hydrogen-bond acceptors (Lipinski definition) is 3. The summed E-state index contributed by atoms with van der Waals surface area (Å²) in [6.07, 6.45) is 9.19. The number of ether oxygens (including phenoxy) is 1. The van der Waals surface area contributed by atoms with Crippen LogP contribution in [0.3, 0.4) is 0 Å². The quantitative estimate of drug-likeness (QED) is 0.537. The summed E-state index contributed by atoms with van der Waals surface area (Å²) >= 11 is 0. The molecular formula is C21H26O3. The van der Waals surface area contributed by atoms with E-state index >= 15 is 0 Å². The van der Waals surface area contributed by atoms with Crippen LogP contribution in [0.25, 0.3) is 6.08 Å². The fourth-order valence-electron chi connectivity index (χ4n) is 3.02. The molecule has 1 atom stereocenters. The van der Waals surface area contributed by atoms with E-state index in [4.69, 9.17) is 4.74 Å². The molecule has 3 nitrogen and oxygen atoms in total. The number of Topliss-reactive ketones (excluding diaryl/α,β-unsaturated/α-hetero) is 1. The average Bonchev–Trinajstić information content (AvgIpc) is 2.60. The van der Waals surface area contributed by atoms with Gasteiger partial charge >= 0.3 is 5.97 Å². The molecule has 128 valence electrons. The van der Waals surface area contributed by atoms with E-state index < -0.39 is 11.9 Å². The Morgan fingerprint density at radius 1 is 1.21 bits per heavy atom. The second-order valence-corrected chi connectivity index (χ2v) is 6.17. The Bertz CT molecular complexity index is 626. The number of allylic oxidation sites excluding steroid dienone is 3. The number of carbonyl (C=O) groups excluding carboxylic acids is 2. The summed E-state index contributed by atoms with van der Waals surface area (Å²) in [5.41, 5.74) is 3.43. The molecule has 1 aromatic carbocycles. The van der Waals surface area contributed by atoms with E-state index in [9.17, 15) is 9.59 Å². The molecule has 1 aromatic rings. The minimum atomic E-state index is -0.720. The van der Waals surface area contributed by atoms with Gasteiger partial charge in [-0.1, -0.05) is 42.5 Å². The van der Waals surface area contributed by atoms with Crippen LogP contribution in [0.15, 0.2) is 47.6 Å². The fourth-order valence-corrected chi connectivity index (χ4v) is 3.02. The Balaban J connectivity index is 2.31. The summed E-state index contributed by atoms with van der Waals surface area (Å²) in [5, 5.41) is 0. The number of esters is 1. The van der Waals surface area contributed by atoms with Crippen molar-refractivity contribution in [2.24, 2.45) is 5.92 Å². The molecule has 0 saturated heterocycles. The molecule has 0 bridgehead atoms. The normalized spacial score (nSPS) is 16.2. The lowest BCUT2D eigenvalue weighted by atomic mass is 9.85. The summed E-state index contributed by atoms with van der Waals surface area (Å²) in [5.74, 6) is -1.27. The predicted octanol–water partition coefficient (Wildman–Crippen LogP) is 4.73. The number of benzene rings is 1. The highest BCUT2D eigenvalue weighted by molar-refractivity contribution is 5.98. The lowest BCUT2D eigenvalue weighted by Crippen LogP contribution is -2.25. The zero-order chi connectivity index (χ0) is 17.4. The molecule has 0 aliphatic heterocycles. The molecule has 1 aliphatic carbocycles. The SMILES string of the molecule is CCOC(=O)C(C/C(=C\c1ccccc1)C1=CCCCC1)C(C)=O. The molecule has 0 fully saturated rings. The molecular weight excluding hydrogens is 300 g/mol. The first-order valence-corrected chi connectivity index (χ1v) is 8.74. The Hall–Kier alpha value is -2.16. The van der Waals surface area contributed by atoms with Crippen LogP contribution < -0.4 is 0 Å². The van der Waals surface area contributed by atoms with Crippen molar-refractivity contribution in [2.45, 2.75) is 46.0 Å². The van der Waals surface area contributed by atoms with Gasteiger partial charge in [0.1, 0.15) is 11.7 Å². The molecule has 0 radical (unpaired) electrons. The molecule has 0 saturated carbocycles. The van der Waals surface area contributed by atoms with Gasteiger partial charge in [0.25, 0.3) is 0 Å². The van der Waals surface area contributed by atoms with E-state index in [0.717, 1.165) is 30.4 Å². The zero-order valence-electron chi connectivity index (χ0n) is 14.6. The monoisotopic (exact) mass is 326 g/mol. The standard InChI is InChI=1S/C21H26O3/c1-3-24-21(23)20(16(2)22)15-19(18-12-8-5-9-13-18)14-17-10-6-4-7-11-17/h4,6-7,10-12,14,20H,3,5,8-9,13,15H2,1-2H3/b19-14+. The summed E-state index contributed by atoms with van der Waals surface area (Å²) in [4.78, 5) is 24.1. The van der Waals surface area contributed by atoms with Gasteiger partial charge in [-0.05, 0) is 62.7 Å². The third-order valence-corrected chi connectivity index (χ3v) is 4.33. The van der Waals surface area contributed by atoms with Crippen molar-refractivity contribution >= 4 is 17.8 Å². The lowest BCUT2D eigenvalue weighted by Gasteiger charge is -2.20. The van der Waals surface area contributed by atoms with Gasteiger partial charge in [-0.25, -0.2) is 0 Å². The van der Waals surface area contributed by atoms with E-state index in [1.165, 1.54) is 18.9 Å². The van der Waals surface area contributed by atoms with Crippen molar-refractivity contribution < 1.29 is 14.3 Å². The molecule has 1 unspecified atom stereocenters. The van der Waals surface area contributed by atoms with Crippen LogP contribution in [0.1, 0.15) is 51.5 Å². The van der Waals surface area contributed by atoms with Gasteiger partial charge < -0.3 is 4.74 Å². The van der Waals surface area contributed by atoms with Crippen LogP contribution in [-0.2, 0) is 14.3 Å². The minimum absolute atomic E-state index is 0.135.